The second-order valence-electron chi connectivity index (χ2n) is 9.10. The Kier molecular flexibility index (Phi) is 8.23. The quantitative estimate of drug-likeness (QED) is 0.403. The van der Waals surface area contributed by atoms with Crippen molar-refractivity contribution in [2.75, 3.05) is 38.5 Å². The van der Waals surface area contributed by atoms with Crippen molar-refractivity contribution in [2.45, 2.75) is 19.5 Å². The van der Waals surface area contributed by atoms with Gasteiger partial charge in [0.15, 0.2) is 0 Å². The number of halogens is 1. The van der Waals surface area contributed by atoms with E-state index in [1.807, 2.05) is 37.6 Å². The summed E-state index contributed by atoms with van der Waals surface area (Å²) in [5, 5.41) is 4.29. The first-order valence-electron chi connectivity index (χ1n) is 11.8. The smallest absolute Gasteiger partial charge is 0.259 e. The summed E-state index contributed by atoms with van der Waals surface area (Å²) in [5.41, 5.74) is 4.32. The fourth-order valence-corrected chi connectivity index (χ4v) is 5.78. The molecule has 1 N–H and O–H groups in total. The molecule has 0 unspecified atom stereocenters. The molecule has 1 saturated heterocycles. The summed E-state index contributed by atoms with van der Waals surface area (Å²) in [7, 11) is 4.04. The number of hydrogen-bond acceptors (Lipinski definition) is 6. The Morgan fingerprint density at radius 2 is 1.91 bits per heavy atom. The monoisotopic (exact) mass is 509 g/mol. The van der Waals surface area contributed by atoms with Crippen molar-refractivity contribution in [3.8, 4) is 11.1 Å². The molecular formula is C27H32ClN5OS. The zero-order chi connectivity index (χ0) is 23.5. The van der Waals surface area contributed by atoms with Crippen LogP contribution in [-0.4, -0.2) is 52.6 Å². The topological polar surface area (TPSA) is 53.4 Å². The van der Waals surface area contributed by atoms with Gasteiger partial charge in [0.25, 0.3) is 5.56 Å². The molecule has 4 heterocycles. The number of hydrogen-bond donors (Lipinski definition) is 1. The lowest BCUT2D eigenvalue weighted by atomic mass is 10.1. The Morgan fingerprint density at radius 3 is 2.74 bits per heavy atom. The number of likely N-dealkylation sites (N-methyl/N-ethyl adjacent to an activating group) is 1. The summed E-state index contributed by atoms with van der Waals surface area (Å²) in [6.45, 7) is 5.99. The van der Waals surface area contributed by atoms with Crippen LogP contribution < -0.4 is 10.9 Å². The molecule has 5 rings (SSSR count). The van der Waals surface area contributed by atoms with E-state index in [0.717, 1.165) is 65.3 Å². The zero-order valence-electron chi connectivity index (χ0n) is 20.2. The molecule has 1 aliphatic rings. The molecular weight excluding hydrogens is 478 g/mol. The number of fused-ring (bicyclic) bond motifs is 1. The van der Waals surface area contributed by atoms with Crippen molar-refractivity contribution in [2.24, 2.45) is 7.05 Å². The summed E-state index contributed by atoms with van der Waals surface area (Å²) < 4.78 is 2.79. The van der Waals surface area contributed by atoms with Gasteiger partial charge >= 0.3 is 0 Å². The standard InChI is InChI=1S/C27H31N5OS.ClH/c1-30-11-6-12-32(14-13-30)18-23-16-24-26(34-23)25(19-31(2)27(24)33)20-7-5-9-21(15-20)29-17-22-8-3-4-10-28-22;/h3-5,7-10,15-16,19,29H,6,11-14,17-18H2,1-2H3;1H. The first-order valence-corrected chi connectivity index (χ1v) is 12.7. The molecule has 0 aliphatic carbocycles. The second-order valence-corrected chi connectivity index (χ2v) is 10.2. The van der Waals surface area contributed by atoms with Crippen LogP contribution in [0, 0.1) is 0 Å². The summed E-state index contributed by atoms with van der Waals surface area (Å²) >= 11 is 1.76. The molecule has 0 amide bonds. The third-order valence-corrected chi connectivity index (χ3v) is 7.62. The minimum absolute atomic E-state index is 0. The van der Waals surface area contributed by atoms with Gasteiger partial charge in [-0.15, -0.1) is 23.7 Å². The highest BCUT2D eigenvalue weighted by molar-refractivity contribution is 7.19. The maximum Gasteiger partial charge on any atom is 0.259 e. The van der Waals surface area contributed by atoms with E-state index in [9.17, 15) is 4.79 Å². The van der Waals surface area contributed by atoms with E-state index in [0.29, 0.717) is 6.54 Å². The highest BCUT2D eigenvalue weighted by Gasteiger charge is 2.17. The van der Waals surface area contributed by atoms with Crippen molar-refractivity contribution in [3.63, 3.8) is 0 Å². The minimum Gasteiger partial charge on any atom is -0.379 e. The summed E-state index contributed by atoms with van der Waals surface area (Å²) in [4.78, 5) is 23.5. The second kappa shape index (κ2) is 11.4. The molecule has 0 atom stereocenters. The molecule has 1 aliphatic heterocycles. The van der Waals surface area contributed by atoms with Crippen LogP contribution in [0.4, 0.5) is 5.69 Å². The highest BCUT2D eigenvalue weighted by Crippen LogP contribution is 2.34. The fourth-order valence-electron chi connectivity index (χ4n) is 4.56. The lowest BCUT2D eigenvalue weighted by molar-refractivity contribution is 0.271. The van der Waals surface area contributed by atoms with E-state index in [2.05, 4.69) is 57.5 Å². The number of thiophene rings is 1. The SMILES string of the molecule is CN1CCCN(Cc2cc3c(=O)n(C)cc(-c4cccc(NCc5ccccn5)c4)c3s2)CC1.Cl. The normalized spacial score (nSPS) is 15.0. The van der Waals surface area contributed by atoms with Crippen molar-refractivity contribution < 1.29 is 0 Å². The van der Waals surface area contributed by atoms with E-state index in [4.69, 9.17) is 0 Å². The van der Waals surface area contributed by atoms with Crippen LogP contribution in [0.25, 0.3) is 21.2 Å². The maximum atomic E-state index is 13.0. The van der Waals surface area contributed by atoms with Crippen molar-refractivity contribution in [1.29, 1.82) is 0 Å². The van der Waals surface area contributed by atoms with E-state index >= 15 is 0 Å². The Hall–Kier alpha value is -2.71. The molecule has 0 radical (unpaired) electrons. The third kappa shape index (κ3) is 5.93. The zero-order valence-corrected chi connectivity index (χ0v) is 21.9. The third-order valence-electron chi connectivity index (χ3n) is 6.47. The van der Waals surface area contributed by atoms with E-state index in [1.165, 1.54) is 11.3 Å². The molecule has 0 saturated carbocycles. The summed E-state index contributed by atoms with van der Waals surface area (Å²) in [6.07, 6.45) is 4.98. The number of aryl methyl sites for hydroxylation is 1. The fraction of sp³-hybridized carbons (Fsp3) is 0.333. The van der Waals surface area contributed by atoms with E-state index in [-0.39, 0.29) is 18.0 Å². The van der Waals surface area contributed by atoms with Gasteiger partial charge in [0.1, 0.15) is 0 Å². The van der Waals surface area contributed by atoms with Crippen LogP contribution in [-0.2, 0) is 20.1 Å². The molecule has 184 valence electrons. The number of aromatic nitrogens is 2. The molecule has 1 aromatic carbocycles. The van der Waals surface area contributed by atoms with Gasteiger partial charge in [-0.25, -0.2) is 0 Å². The van der Waals surface area contributed by atoms with Crippen LogP contribution in [0.1, 0.15) is 17.0 Å². The molecule has 0 spiro atoms. The van der Waals surface area contributed by atoms with Gasteiger partial charge in [-0.2, -0.15) is 0 Å². The van der Waals surface area contributed by atoms with Gasteiger partial charge in [0.2, 0.25) is 0 Å². The lowest BCUT2D eigenvalue weighted by Crippen LogP contribution is -2.28. The highest BCUT2D eigenvalue weighted by atomic mass is 35.5. The lowest BCUT2D eigenvalue weighted by Gasteiger charge is -2.18. The Balaban J connectivity index is 0.00000289. The van der Waals surface area contributed by atoms with Gasteiger partial charge in [0.05, 0.1) is 17.6 Å². The first kappa shape index (κ1) is 25.4. The molecule has 35 heavy (non-hydrogen) atoms. The average Bonchev–Trinajstić information content (AvgIpc) is 3.17. The molecule has 8 heteroatoms. The molecule has 0 bridgehead atoms. The number of nitrogens with one attached hydrogen (secondary N) is 1. The number of anilines is 1. The van der Waals surface area contributed by atoms with Crippen LogP contribution in [0.2, 0.25) is 0 Å². The maximum absolute atomic E-state index is 13.0. The van der Waals surface area contributed by atoms with Crippen LogP contribution in [0.3, 0.4) is 0 Å². The van der Waals surface area contributed by atoms with Gasteiger partial charge in [-0.1, -0.05) is 18.2 Å². The van der Waals surface area contributed by atoms with Gasteiger partial charge in [-0.3, -0.25) is 14.7 Å². The minimum atomic E-state index is 0. The van der Waals surface area contributed by atoms with Crippen LogP contribution in [0.15, 0.2) is 65.7 Å². The van der Waals surface area contributed by atoms with Gasteiger partial charge < -0.3 is 14.8 Å². The molecule has 6 nitrogen and oxygen atoms in total. The molecule has 4 aromatic rings. The number of pyridine rings is 2. The largest absolute Gasteiger partial charge is 0.379 e. The Morgan fingerprint density at radius 1 is 1.03 bits per heavy atom. The van der Waals surface area contributed by atoms with Crippen molar-refractivity contribution >= 4 is 39.5 Å². The summed E-state index contributed by atoms with van der Waals surface area (Å²) in [5.74, 6) is 0. The number of nitrogens with zero attached hydrogens (tertiary/aromatic N) is 4. The molecule has 1 fully saturated rings. The predicted octanol–water partition coefficient (Wildman–Crippen LogP) is 4.83. The number of benzene rings is 1. The Labute approximate surface area is 216 Å². The van der Waals surface area contributed by atoms with Crippen LogP contribution >= 0.6 is 23.7 Å². The van der Waals surface area contributed by atoms with Crippen molar-refractivity contribution in [3.05, 3.63) is 81.8 Å². The summed E-state index contributed by atoms with van der Waals surface area (Å²) in [6, 6.07) is 16.5. The van der Waals surface area contributed by atoms with Crippen LogP contribution in [0.5, 0.6) is 0 Å². The average molecular weight is 510 g/mol. The Bertz CT molecular complexity index is 1340. The van der Waals surface area contributed by atoms with Gasteiger partial charge in [0, 0.05) is 59.9 Å². The van der Waals surface area contributed by atoms with Gasteiger partial charge in [-0.05, 0) is 62.5 Å². The number of rotatable bonds is 6. The van der Waals surface area contributed by atoms with E-state index in [1.54, 1.807) is 15.9 Å². The molecule has 3 aromatic heterocycles. The van der Waals surface area contributed by atoms with E-state index < -0.39 is 0 Å². The predicted molar refractivity (Wildman–Crippen MR) is 149 cm³/mol. The first-order chi connectivity index (χ1) is 16.6. The van der Waals surface area contributed by atoms with Crippen molar-refractivity contribution in [1.82, 2.24) is 19.4 Å².